The summed E-state index contributed by atoms with van der Waals surface area (Å²) in [4.78, 5) is 23.8. The molecular formula is C20H23N5O. The predicted octanol–water partition coefficient (Wildman–Crippen LogP) is 3.00. The zero-order valence-corrected chi connectivity index (χ0v) is 15.2. The van der Waals surface area contributed by atoms with Gasteiger partial charge in [-0.05, 0) is 44.7 Å². The number of amides is 1. The molecule has 0 saturated carbocycles. The molecule has 0 spiro atoms. The number of benzene rings is 1. The number of aryl methyl sites for hydroxylation is 2. The molecule has 4 rings (SSSR count). The Morgan fingerprint density at radius 3 is 2.81 bits per heavy atom. The summed E-state index contributed by atoms with van der Waals surface area (Å²) in [6.07, 6.45) is 2.12. The van der Waals surface area contributed by atoms with E-state index in [-0.39, 0.29) is 5.91 Å². The van der Waals surface area contributed by atoms with Gasteiger partial charge in [0.15, 0.2) is 0 Å². The van der Waals surface area contributed by atoms with Gasteiger partial charge in [0.05, 0.1) is 5.52 Å². The maximum Gasteiger partial charge on any atom is 0.272 e. The third-order valence-corrected chi connectivity index (χ3v) is 5.02. The first-order chi connectivity index (χ1) is 12.6. The minimum Gasteiger partial charge on any atom is -0.337 e. The molecule has 1 aliphatic rings. The van der Waals surface area contributed by atoms with E-state index in [4.69, 9.17) is 0 Å². The molecule has 1 atom stereocenters. The Hall–Kier alpha value is -2.76. The van der Waals surface area contributed by atoms with E-state index in [1.54, 1.807) is 0 Å². The summed E-state index contributed by atoms with van der Waals surface area (Å²) >= 11 is 0. The molecule has 0 N–H and O–H groups in total. The Balaban J connectivity index is 1.49. The number of carbonyl (C=O) groups is 1. The van der Waals surface area contributed by atoms with Crippen molar-refractivity contribution >= 4 is 16.8 Å². The first-order valence-corrected chi connectivity index (χ1v) is 9.13. The van der Waals surface area contributed by atoms with Crippen molar-refractivity contribution < 1.29 is 4.79 Å². The van der Waals surface area contributed by atoms with Gasteiger partial charge in [-0.15, -0.1) is 0 Å². The highest BCUT2D eigenvalue weighted by Gasteiger charge is 2.26. The molecule has 26 heavy (non-hydrogen) atoms. The van der Waals surface area contributed by atoms with Gasteiger partial charge in [0.25, 0.3) is 5.91 Å². The quantitative estimate of drug-likeness (QED) is 0.729. The van der Waals surface area contributed by atoms with Crippen molar-refractivity contribution in [2.45, 2.75) is 33.2 Å². The molecule has 1 amide bonds. The lowest BCUT2D eigenvalue weighted by molar-refractivity contribution is 0.0653. The topological polar surface area (TPSA) is 63.9 Å². The van der Waals surface area contributed by atoms with Gasteiger partial charge in [-0.3, -0.25) is 4.79 Å². The number of para-hydroxylation sites is 1. The van der Waals surface area contributed by atoms with Crippen LogP contribution in [0.4, 0.5) is 0 Å². The van der Waals surface area contributed by atoms with Crippen molar-refractivity contribution in [1.82, 2.24) is 24.6 Å². The Morgan fingerprint density at radius 1 is 1.15 bits per heavy atom. The fraction of sp³-hybridized carbons (Fsp3) is 0.400. The molecule has 1 saturated heterocycles. The minimum atomic E-state index is 0.0203. The average molecular weight is 349 g/mol. The third-order valence-electron chi connectivity index (χ3n) is 5.02. The van der Waals surface area contributed by atoms with Gasteiger partial charge in [-0.1, -0.05) is 24.3 Å². The van der Waals surface area contributed by atoms with Crippen LogP contribution in [0.5, 0.6) is 0 Å². The largest absolute Gasteiger partial charge is 0.337 e. The Kier molecular flexibility index (Phi) is 4.41. The molecule has 0 unspecified atom stereocenters. The molecular weight excluding hydrogens is 326 g/mol. The van der Waals surface area contributed by atoms with Crippen LogP contribution in [0.2, 0.25) is 0 Å². The summed E-state index contributed by atoms with van der Waals surface area (Å²) in [6, 6.07) is 11.7. The van der Waals surface area contributed by atoms with E-state index in [1.165, 1.54) is 0 Å². The molecule has 2 aromatic heterocycles. The fourth-order valence-electron chi connectivity index (χ4n) is 3.72. The van der Waals surface area contributed by atoms with E-state index in [0.29, 0.717) is 11.6 Å². The van der Waals surface area contributed by atoms with Crippen LogP contribution in [-0.4, -0.2) is 43.6 Å². The van der Waals surface area contributed by atoms with Crippen LogP contribution < -0.4 is 0 Å². The van der Waals surface area contributed by atoms with Gasteiger partial charge in [-0.2, -0.15) is 5.10 Å². The normalized spacial score (nSPS) is 17.6. The van der Waals surface area contributed by atoms with Crippen LogP contribution in [0.25, 0.3) is 10.9 Å². The highest BCUT2D eigenvalue weighted by molar-refractivity contribution is 5.95. The van der Waals surface area contributed by atoms with Crippen LogP contribution in [0.1, 0.15) is 35.0 Å². The molecule has 3 heterocycles. The first kappa shape index (κ1) is 16.7. The number of pyridine rings is 1. The maximum absolute atomic E-state index is 12.9. The molecule has 1 fully saturated rings. The summed E-state index contributed by atoms with van der Waals surface area (Å²) in [5.41, 5.74) is 1.39. The van der Waals surface area contributed by atoms with E-state index >= 15 is 0 Å². The number of nitrogens with zero attached hydrogens (tertiary/aromatic N) is 5. The smallest absolute Gasteiger partial charge is 0.272 e. The molecule has 1 aromatic carbocycles. The van der Waals surface area contributed by atoms with Crippen molar-refractivity contribution in [3.63, 3.8) is 0 Å². The number of likely N-dealkylation sites (tertiary alicyclic amines) is 1. The van der Waals surface area contributed by atoms with Crippen LogP contribution in [-0.2, 0) is 6.54 Å². The lowest BCUT2D eigenvalue weighted by Gasteiger charge is -2.32. The second-order valence-electron chi connectivity index (χ2n) is 7.04. The Labute approximate surface area is 152 Å². The van der Waals surface area contributed by atoms with Crippen molar-refractivity contribution in [2.24, 2.45) is 5.92 Å². The standard InChI is InChI=1S/C20H23N5O/c1-14-21-15(2)25(23-14)13-16-6-5-11-24(12-16)20(26)19-10-9-17-7-3-4-8-18(17)22-19/h3-4,7-10,16H,5-6,11-13H2,1-2H3/t16-/m1/s1. The van der Waals surface area contributed by atoms with Gasteiger partial charge in [0.2, 0.25) is 0 Å². The van der Waals surface area contributed by atoms with Gasteiger partial charge in [0.1, 0.15) is 17.3 Å². The van der Waals surface area contributed by atoms with Crippen LogP contribution >= 0.6 is 0 Å². The lowest BCUT2D eigenvalue weighted by Crippen LogP contribution is -2.41. The van der Waals surface area contributed by atoms with E-state index in [0.717, 1.165) is 55.0 Å². The molecule has 6 nitrogen and oxygen atoms in total. The van der Waals surface area contributed by atoms with Gasteiger partial charge < -0.3 is 4.90 Å². The molecule has 1 aliphatic heterocycles. The highest BCUT2D eigenvalue weighted by Crippen LogP contribution is 2.21. The Bertz CT molecular complexity index is 948. The predicted molar refractivity (Wildman–Crippen MR) is 99.9 cm³/mol. The van der Waals surface area contributed by atoms with Gasteiger partial charge >= 0.3 is 0 Å². The van der Waals surface area contributed by atoms with Crippen molar-refractivity contribution in [3.8, 4) is 0 Å². The molecule has 134 valence electrons. The number of carbonyl (C=O) groups excluding carboxylic acids is 1. The monoisotopic (exact) mass is 349 g/mol. The number of rotatable bonds is 3. The summed E-state index contributed by atoms with van der Waals surface area (Å²) in [5.74, 6) is 2.15. The number of hydrogen-bond donors (Lipinski definition) is 0. The van der Waals surface area contributed by atoms with Crippen LogP contribution in [0.15, 0.2) is 36.4 Å². The number of hydrogen-bond acceptors (Lipinski definition) is 4. The average Bonchev–Trinajstić information content (AvgIpc) is 2.98. The molecule has 6 heteroatoms. The zero-order valence-electron chi connectivity index (χ0n) is 15.2. The van der Waals surface area contributed by atoms with E-state index < -0.39 is 0 Å². The van der Waals surface area contributed by atoms with Crippen molar-refractivity contribution in [2.75, 3.05) is 13.1 Å². The molecule has 3 aromatic rings. The van der Waals surface area contributed by atoms with Crippen LogP contribution in [0, 0.1) is 19.8 Å². The molecule has 0 bridgehead atoms. The van der Waals surface area contributed by atoms with Gasteiger partial charge in [-0.25, -0.2) is 14.6 Å². The third kappa shape index (κ3) is 3.31. The molecule has 0 aliphatic carbocycles. The highest BCUT2D eigenvalue weighted by atomic mass is 16.2. The maximum atomic E-state index is 12.9. The van der Waals surface area contributed by atoms with E-state index in [1.807, 2.05) is 59.8 Å². The zero-order chi connectivity index (χ0) is 18.1. The summed E-state index contributed by atoms with van der Waals surface area (Å²) in [5, 5.41) is 5.51. The van der Waals surface area contributed by atoms with E-state index in [2.05, 4.69) is 15.1 Å². The van der Waals surface area contributed by atoms with E-state index in [9.17, 15) is 4.79 Å². The van der Waals surface area contributed by atoms with Crippen molar-refractivity contribution in [1.29, 1.82) is 0 Å². The summed E-state index contributed by atoms with van der Waals surface area (Å²) in [7, 11) is 0. The second-order valence-corrected chi connectivity index (χ2v) is 7.04. The SMILES string of the molecule is Cc1nc(C)n(C[C@@H]2CCCN(C(=O)c3ccc4ccccc4n3)C2)n1. The Morgan fingerprint density at radius 2 is 2.00 bits per heavy atom. The minimum absolute atomic E-state index is 0.0203. The number of piperidine rings is 1. The van der Waals surface area contributed by atoms with Gasteiger partial charge in [0, 0.05) is 25.0 Å². The fourth-order valence-corrected chi connectivity index (χ4v) is 3.72. The number of fused-ring (bicyclic) bond motifs is 1. The van der Waals surface area contributed by atoms with Crippen LogP contribution in [0.3, 0.4) is 0 Å². The summed E-state index contributed by atoms with van der Waals surface area (Å²) < 4.78 is 1.96. The second kappa shape index (κ2) is 6.86. The van der Waals surface area contributed by atoms with Crippen molar-refractivity contribution in [3.05, 3.63) is 53.7 Å². The summed E-state index contributed by atoms with van der Waals surface area (Å²) in [6.45, 7) is 6.23. The molecule has 0 radical (unpaired) electrons. The number of aromatic nitrogens is 4. The lowest BCUT2D eigenvalue weighted by atomic mass is 9.97. The first-order valence-electron chi connectivity index (χ1n) is 9.13.